The van der Waals surface area contributed by atoms with Crippen LogP contribution in [0.3, 0.4) is 0 Å². The number of nitrogens with zero attached hydrogens (tertiary/aromatic N) is 4. The average molecular weight is 675 g/mol. The number of β-amino-alcohol motifs (C(OH)–C–C–N with tert-alkyl or cyclic N) is 1. The minimum absolute atomic E-state index is 0.0736. The van der Waals surface area contributed by atoms with E-state index in [2.05, 4.69) is 26.2 Å². The third kappa shape index (κ3) is 6.19. The molecule has 0 saturated carbocycles. The van der Waals surface area contributed by atoms with Crippen LogP contribution in [-0.4, -0.2) is 83.3 Å². The third-order valence-electron chi connectivity index (χ3n) is 9.38. The van der Waals surface area contributed by atoms with Crippen LogP contribution in [0.4, 0.5) is 0 Å². The Hall–Kier alpha value is -3.73. The Bertz CT molecular complexity index is 1850. The first-order valence-corrected chi connectivity index (χ1v) is 16.4. The fourth-order valence-electron chi connectivity index (χ4n) is 7.23. The van der Waals surface area contributed by atoms with E-state index in [4.69, 9.17) is 37.7 Å². The quantitative estimate of drug-likeness (QED) is 0.234. The van der Waals surface area contributed by atoms with Crippen LogP contribution in [0.5, 0.6) is 11.6 Å². The Morgan fingerprint density at radius 2 is 1.60 bits per heavy atom. The van der Waals surface area contributed by atoms with Crippen molar-refractivity contribution in [3.05, 3.63) is 82.0 Å². The Morgan fingerprint density at radius 3 is 2.30 bits per heavy atom. The maximum atomic E-state index is 11.7. The standard InChI is InChI=1S/C36H37Cl2N5O4/c1-35(45)18-42(19-35)16-24-9-10-28(41-34(24)47-3)27-6-4-5-25(31(27)37)26-11-12-39-33(32(26)38)22-7-8-23(29(13-22)46-2)15-43-20-36(21-43)14-30(44)40-17-36/h4-13,45H,14-21H2,1-3H3,(H,40,44). The lowest BCUT2D eigenvalue weighted by atomic mass is 9.79. The summed E-state index contributed by atoms with van der Waals surface area (Å²) >= 11 is 14.2. The van der Waals surface area contributed by atoms with Crippen molar-refractivity contribution >= 4 is 29.1 Å². The number of hydrogen-bond acceptors (Lipinski definition) is 8. The summed E-state index contributed by atoms with van der Waals surface area (Å²) in [6.45, 7) is 6.97. The van der Waals surface area contributed by atoms with Gasteiger partial charge in [0.05, 0.1) is 41.3 Å². The van der Waals surface area contributed by atoms with Crippen molar-refractivity contribution in [2.24, 2.45) is 5.41 Å². The highest BCUT2D eigenvalue weighted by Gasteiger charge is 2.48. The van der Waals surface area contributed by atoms with Crippen molar-refractivity contribution in [1.82, 2.24) is 25.1 Å². The van der Waals surface area contributed by atoms with Gasteiger partial charge in [0.25, 0.3) is 0 Å². The fraction of sp³-hybridized carbons (Fsp3) is 0.361. The lowest BCUT2D eigenvalue weighted by Gasteiger charge is -2.47. The molecule has 0 aliphatic carbocycles. The molecular formula is C36H37Cl2N5O4. The predicted molar refractivity (Wildman–Crippen MR) is 183 cm³/mol. The third-order valence-corrected chi connectivity index (χ3v) is 10.2. The molecule has 0 radical (unpaired) electrons. The molecule has 3 aliphatic heterocycles. The second kappa shape index (κ2) is 12.4. The van der Waals surface area contributed by atoms with Crippen molar-refractivity contribution in [3.8, 4) is 45.3 Å². The van der Waals surface area contributed by atoms with Crippen LogP contribution < -0.4 is 14.8 Å². The van der Waals surface area contributed by atoms with E-state index in [1.165, 1.54) is 0 Å². The summed E-state index contributed by atoms with van der Waals surface area (Å²) in [5.74, 6) is 1.43. The van der Waals surface area contributed by atoms with Crippen LogP contribution >= 0.6 is 23.2 Å². The molecule has 3 fully saturated rings. The largest absolute Gasteiger partial charge is 0.496 e. The number of benzene rings is 2. The van der Waals surface area contributed by atoms with Gasteiger partial charge in [0, 0.05) is 97.2 Å². The number of methoxy groups -OCH3 is 2. The van der Waals surface area contributed by atoms with Gasteiger partial charge in [-0.05, 0) is 25.1 Å². The van der Waals surface area contributed by atoms with E-state index in [1.807, 2.05) is 55.5 Å². The summed E-state index contributed by atoms with van der Waals surface area (Å²) in [6, 6.07) is 17.7. The number of ether oxygens (including phenoxy) is 2. The molecule has 3 aliphatic rings. The molecule has 5 heterocycles. The van der Waals surface area contributed by atoms with Gasteiger partial charge in [0.1, 0.15) is 5.75 Å². The van der Waals surface area contributed by atoms with Gasteiger partial charge in [-0.25, -0.2) is 4.98 Å². The lowest BCUT2D eigenvalue weighted by molar-refractivity contribution is -0.120. The molecule has 0 unspecified atom stereocenters. The molecule has 3 saturated heterocycles. The van der Waals surface area contributed by atoms with Crippen LogP contribution in [0.1, 0.15) is 24.5 Å². The zero-order valence-electron chi connectivity index (χ0n) is 26.6. The average Bonchev–Trinajstić information content (AvgIpc) is 3.42. The van der Waals surface area contributed by atoms with Gasteiger partial charge in [0.2, 0.25) is 11.8 Å². The van der Waals surface area contributed by atoms with Gasteiger partial charge >= 0.3 is 0 Å². The molecule has 0 bridgehead atoms. The van der Waals surface area contributed by atoms with Gasteiger partial charge in [0.15, 0.2) is 0 Å². The highest BCUT2D eigenvalue weighted by Crippen LogP contribution is 2.43. The van der Waals surface area contributed by atoms with Crippen molar-refractivity contribution in [2.75, 3.05) is 46.9 Å². The second-order valence-corrected chi connectivity index (χ2v) is 14.1. The van der Waals surface area contributed by atoms with E-state index < -0.39 is 5.60 Å². The van der Waals surface area contributed by atoms with Crippen LogP contribution in [-0.2, 0) is 17.9 Å². The minimum atomic E-state index is -0.645. The second-order valence-electron chi connectivity index (χ2n) is 13.3. The van der Waals surface area contributed by atoms with Crippen LogP contribution in [0.15, 0.2) is 60.8 Å². The molecule has 11 heteroatoms. The molecule has 2 aromatic heterocycles. The number of aliphatic hydroxyl groups is 1. The first-order valence-electron chi connectivity index (χ1n) is 15.7. The number of halogens is 2. The maximum absolute atomic E-state index is 11.7. The van der Waals surface area contributed by atoms with Crippen molar-refractivity contribution < 1.29 is 19.4 Å². The van der Waals surface area contributed by atoms with Gasteiger partial charge < -0.3 is 19.9 Å². The smallest absolute Gasteiger partial charge is 0.220 e. The Balaban J connectivity index is 1.13. The monoisotopic (exact) mass is 673 g/mol. The number of nitrogens with one attached hydrogen (secondary N) is 1. The first-order chi connectivity index (χ1) is 22.6. The lowest BCUT2D eigenvalue weighted by Crippen LogP contribution is -2.59. The number of aromatic nitrogens is 2. The Kier molecular flexibility index (Phi) is 8.39. The van der Waals surface area contributed by atoms with Crippen molar-refractivity contribution in [1.29, 1.82) is 0 Å². The zero-order valence-corrected chi connectivity index (χ0v) is 28.2. The van der Waals surface area contributed by atoms with Gasteiger partial charge in [-0.2, -0.15) is 0 Å². The molecule has 2 N–H and O–H groups in total. The minimum Gasteiger partial charge on any atom is -0.496 e. The maximum Gasteiger partial charge on any atom is 0.220 e. The molecule has 1 amide bonds. The number of carbonyl (C=O) groups excluding carboxylic acids is 1. The Morgan fingerprint density at radius 1 is 0.894 bits per heavy atom. The van der Waals surface area contributed by atoms with E-state index in [1.54, 1.807) is 20.4 Å². The van der Waals surface area contributed by atoms with Gasteiger partial charge in [-0.15, -0.1) is 0 Å². The number of rotatable bonds is 9. The van der Waals surface area contributed by atoms with E-state index in [-0.39, 0.29) is 11.3 Å². The zero-order chi connectivity index (χ0) is 32.9. The number of carbonyl (C=O) groups is 1. The summed E-state index contributed by atoms with van der Waals surface area (Å²) in [4.78, 5) is 25.7. The highest BCUT2D eigenvalue weighted by molar-refractivity contribution is 6.39. The number of pyridine rings is 2. The molecule has 9 nitrogen and oxygen atoms in total. The van der Waals surface area contributed by atoms with Crippen LogP contribution in [0.25, 0.3) is 33.6 Å². The van der Waals surface area contributed by atoms with E-state index >= 15 is 0 Å². The molecule has 2 aromatic carbocycles. The van der Waals surface area contributed by atoms with Crippen molar-refractivity contribution in [3.63, 3.8) is 0 Å². The fourth-order valence-corrected chi connectivity index (χ4v) is 7.88. The normalized spacial score (nSPS) is 18.5. The summed E-state index contributed by atoms with van der Waals surface area (Å²) in [5.41, 5.74) is 5.86. The SMILES string of the molecule is COc1cc(-c2nccc(-c3cccc(-c4ccc(CN5CC(C)(O)C5)c(OC)n4)c3Cl)c2Cl)ccc1CN1CC2(CNC(=O)C2)C1. The highest BCUT2D eigenvalue weighted by atomic mass is 35.5. The molecule has 47 heavy (non-hydrogen) atoms. The van der Waals surface area contributed by atoms with E-state index in [0.717, 1.165) is 65.3 Å². The van der Waals surface area contributed by atoms with E-state index in [0.29, 0.717) is 53.4 Å². The number of amides is 1. The molecule has 0 atom stereocenters. The van der Waals surface area contributed by atoms with Crippen LogP contribution in [0, 0.1) is 5.41 Å². The summed E-state index contributed by atoms with van der Waals surface area (Å²) in [5, 5.41) is 14.1. The first kappa shape index (κ1) is 31.8. The van der Waals surface area contributed by atoms with Gasteiger partial charge in [-0.3, -0.25) is 19.6 Å². The summed E-state index contributed by atoms with van der Waals surface area (Å²) in [6.07, 6.45) is 2.34. The molecule has 244 valence electrons. The topological polar surface area (TPSA) is 100 Å². The van der Waals surface area contributed by atoms with Crippen LogP contribution in [0.2, 0.25) is 10.0 Å². The molecule has 1 spiro atoms. The molecular weight excluding hydrogens is 637 g/mol. The predicted octanol–water partition coefficient (Wildman–Crippen LogP) is 5.69. The summed E-state index contributed by atoms with van der Waals surface area (Å²) < 4.78 is 11.5. The van der Waals surface area contributed by atoms with E-state index in [9.17, 15) is 9.90 Å². The molecule has 7 rings (SSSR count). The van der Waals surface area contributed by atoms with Crippen molar-refractivity contribution in [2.45, 2.75) is 32.0 Å². The Labute approximate surface area is 284 Å². The number of hydrogen-bond donors (Lipinski definition) is 2. The van der Waals surface area contributed by atoms with Gasteiger partial charge in [-0.1, -0.05) is 59.6 Å². The number of likely N-dealkylation sites (tertiary alicyclic amines) is 2. The molecule has 4 aromatic rings. The summed E-state index contributed by atoms with van der Waals surface area (Å²) in [7, 11) is 3.28.